The first-order chi connectivity index (χ1) is 7.40. The lowest BCUT2D eigenvalue weighted by Crippen LogP contribution is -2.06. The van der Waals surface area contributed by atoms with Crippen molar-refractivity contribution in [2.45, 2.75) is 20.4 Å². The third kappa shape index (κ3) is 3.03. The Labute approximate surface area is 91.3 Å². The first-order valence-corrected chi connectivity index (χ1v) is 5.39. The molecule has 1 heterocycles. The number of nitrogens with zero attached hydrogens (tertiary/aromatic N) is 1. The summed E-state index contributed by atoms with van der Waals surface area (Å²) in [5, 5.41) is 4.28. The molecule has 0 atom stereocenters. The Balaban J connectivity index is 0.000000531. The van der Waals surface area contributed by atoms with Crippen molar-refractivity contribution >= 4 is 10.9 Å². The molecule has 0 unspecified atom stereocenters. The number of benzene rings is 1. The van der Waals surface area contributed by atoms with Gasteiger partial charge in [0.15, 0.2) is 0 Å². The molecule has 0 aliphatic carbocycles. The topological polar surface area (TPSA) is 24.9 Å². The SMILES string of the molecule is CC.CNCc1ccc2ccccc2n1. The summed E-state index contributed by atoms with van der Waals surface area (Å²) in [6.45, 7) is 4.82. The van der Waals surface area contributed by atoms with Gasteiger partial charge in [-0.25, -0.2) is 0 Å². The highest BCUT2D eigenvalue weighted by Gasteiger charge is 1.95. The number of para-hydroxylation sites is 1. The van der Waals surface area contributed by atoms with Crippen LogP contribution in [0, 0.1) is 0 Å². The van der Waals surface area contributed by atoms with Crippen LogP contribution in [0.3, 0.4) is 0 Å². The summed E-state index contributed by atoms with van der Waals surface area (Å²) in [5.41, 5.74) is 2.15. The van der Waals surface area contributed by atoms with E-state index in [1.54, 1.807) is 0 Å². The van der Waals surface area contributed by atoms with E-state index in [4.69, 9.17) is 0 Å². The van der Waals surface area contributed by atoms with Crippen LogP contribution in [0.1, 0.15) is 19.5 Å². The molecular weight excluding hydrogens is 184 g/mol. The highest BCUT2D eigenvalue weighted by molar-refractivity contribution is 5.78. The zero-order chi connectivity index (χ0) is 11.1. The number of nitrogens with one attached hydrogen (secondary N) is 1. The van der Waals surface area contributed by atoms with Gasteiger partial charge < -0.3 is 5.32 Å². The van der Waals surface area contributed by atoms with Crippen LogP contribution >= 0.6 is 0 Å². The van der Waals surface area contributed by atoms with Crippen molar-refractivity contribution in [3.63, 3.8) is 0 Å². The van der Waals surface area contributed by atoms with Gasteiger partial charge in [0.05, 0.1) is 11.2 Å². The van der Waals surface area contributed by atoms with E-state index in [2.05, 4.69) is 28.5 Å². The molecule has 1 N–H and O–H groups in total. The first kappa shape index (κ1) is 11.7. The van der Waals surface area contributed by atoms with E-state index in [9.17, 15) is 0 Å². The third-order valence-corrected chi connectivity index (χ3v) is 2.01. The fraction of sp³-hybridized carbons (Fsp3) is 0.308. The smallest absolute Gasteiger partial charge is 0.0705 e. The van der Waals surface area contributed by atoms with E-state index in [0.29, 0.717) is 0 Å². The molecule has 0 saturated heterocycles. The number of aromatic nitrogens is 1. The molecule has 0 aliphatic rings. The molecule has 2 nitrogen and oxygen atoms in total. The summed E-state index contributed by atoms with van der Waals surface area (Å²) in [4.78, 5) is 4.50. The van der Waals surface area contributed by atoms with Crippen LogP contribution in [0.15, 0.2) is 36.4 Å². The molecule has 0 spiro atoms. The second kappa shape index (κ2) is 6.14. The fourth-order valence-corrected chi connectivity index (χ4v) is 1.39. The molecule has 2 aromatic rings. The molecule has 2 heteroatoms. The quantitative estimate of drug-likeness (QED) is 0.809. The lowest BCUT2D eigenvalue weighted by molar-refractivity contribution is 0.795. The molecule has 2 rings (SSSR count). The molecule has 15 heavy (non-hydrogen) atoms. The van der Waals surface area contributed by atoms with Crippen LogP contribution in [-0.4, -0.2) is 12.0 Å². The Morgan fingerprint density at radius 3 is 2.53 bits per heavy atom. The average Bonchev–Trinajstić information content (AvgIpc) is 2.32. The molecule has 0 radical (unpaired) electrons. The van der Waals surface area contributed by atoms with Crippen molar-refractivity contribution in [3.8, 4) is 0 Å². The second-order valence-corrected chi connectivity index (χ2v) is 3.03. The highest BCUT2D eigenvalue weighted by atomic mass is 14.8. The molecule has 0 bridgehead atoms. The predicted octanol–water partition coefficient (Wildman–Crippen LogP) is 2.98. The van der Waals surface area contributed by atoms with Gasteiger partial charge in [-0.15, -0.1) is 0 Å². The molecule has 0 amide bonds. The molecule has 0 fully saturated rings. The Morgan fingerprint density at radius 2 is 1.80 bits per heavy atom. The fourth-order valence-electron chi connectivity index (χ4n) is 1.39. The van der Waals surface area contributed by atoms with E-state index in [1.165, 1.54) is 5.39 Å². The maximum Gasteiger partial charge on any atom is 0.0705 e. The monoisotopic (exact) mass is 202 g/mol. The molecule has 1 aromatic carbocycles. The Morgan fingerprint density at radius 1 is 1.07 bits per heavy atom. The van der Waals surface area contributed by atoms with Crippen molar-refractivity contribution in [1.82, 2.24) is 10.3 Å². The van der Waals surface area contributed by atoms with Gasteiger partial charge in [0.25, 0.3) is 0 Å². The van der Waals surface area contributed by atoms with Crippen LogP contribution in [0.2, 0.25) is 0 Å². The minimum Gasteiger partial charge on any atom is -0.314 e. The lowest BCUT2D eigenvalue weighted by atomic mass is 10.2. The van der Waals surface area contributed by atoms with Crippen molar-refractivity contribution in [3.05, 3.63) is 42.1 Å². The van der Waals surface area contributed by atoms with E-state index in [0.717, 1.165) is 17.8 Å². The Kier molecular flexibility index (Phi) is 4.78. The van der Waals surface area contributed by atoms with Gasteiger partial charge in [0.2, 0.25) is 0 Å². The number of rotatable bonds is 2. The average molecular weight is 202 g/mol. The van der Waals surface area contributed by atoms with E-state index in [1.807, 2.05) is 39.1 Å². The zero-order valence-electron chi connectivity index (χ0n) is 9.62. The molecular formula is C13H18N2. The van der Waals surface area contributed by atoms with Crippen LogP contribution in [0.5, 0.6) is 0 Å². The van der Waals surface area contributed by atoms with Crippen LogP contribution in [-0.2, 0) is 6.54 Å². The second-order valence-electron chi connectivity index (χ2n) is 3.03. The van der Waals surface area contributed by atoms with Crippen LogP contribution < -0.4 is 5.32 Å². The van der Waals surface area contributed by atoms with Gasteiger partial charge in [0.1, 0.15) is 0 Å². The van der Waals surface area contributed by atoms with Crippen molar-refractivity contribution in [2.24, 2.45) is 0 Å². The van der Waals surface area contributed by atoms with Gasteiger partial charge in [-0.1, -0.05) is 38.1 Å². The summed E-state index contributed by atoms with van der Waals surface area (Å²) in [6, 6.07) is 12.3. The van der Waals surface area contributed by atoms with Gasteiger partial charge >= 0.3 is 0 Å². The largest absolute Gasteiger partial charge is 0.314 e. The minimum atomic E-state index is 0.824. The standard InChI is InChI=1S/C11H12N2.C2H6/c1-12-8-10-7-6-9-4-2-3-5-11(9)13-10;1-2/h2-7,12H,8H2,1H3;1-2H3. The van der Waals surface area contributed by atoms with Crippen molar-refractivity contribution < 1.29 is 0 Å². The summed E-state index contributed by atoms with van der Waals surface area (Å²) in [7, 11) is 1.93. The molecule has 0 aliphatic heterocycles. The molecule has 1 aromatic heterocycles. The number of hydrogen-bond acceptors (Lipinski definition) is 2. The van der Waals surface area contributed by atoms with Crippen LogP contribution in [0.25, 0.3) is 10.9 Å². The maximum atomic E-state index is 4.50. The van der Waals surface area contributed by atoms with E-state index >= 15 is 0 Å². The van der Waals surface area contributed by atoms with Crippen molar-refractivity contribution in [2.75, 3.05) is 7.05 Å². The molecule has 0 saturated carbocycles. The number of fused-ring (bicyclic) bond motifs is 1. The highest BCUT2D eigenvalue weighted by Crippen LogP contribution is 2.11. The molecule has 80 valence electrons. The summed E-state index contributed by atoms with van der Waals surface area (Å²) in [6.07, 6.45) is 0. The summed E-state index contributed by atoms with van der Waals surface area (Å²) < 4.78 is 0. The summed E-state index contributed by atoms with van der Waals surface area (Å²) >= 11 is 0. The lowest BCUT2D eigenvalue weighted by Gasteiger charge is -2.01. The Bertz CT molecular complexity index is 410. The normalized spacial score (nSPS) is 9.53. The number of pyridine rings is 1. The number of hydrogen-bond donors (Lipinski definition) is 1. The van der Waals surface area contributed by atoms with Crippen LogP contribution in [0.4, 0.5) is 0 Å². The maximum absolute atomic E-state index is 4.50. The van der Waals surface area contributed by atoms with Gasteiger partial charge in [-0.2, -0.15) is 0 Å². The predicted molar refractivity (Wildman–Crippen MR) is 65.9 cm³/mol. The zero-order valence-corrected chi connectivity index (χ0v) is 9.62. The van der Waals surface area contributed by atoms with Crippen molar-refractivity contribution in [1.29, 1.82) is 0 Å². The first-order valence-electron chi connectivity index (χ1n) is 5.39. The summed E-state index contributed by atoms with van der Waals surface area (Å²) in [5.74, 6) is 0. The van der Waals surface area contributed by atoms with Gasteiger partial charge in [-0.3, -0.25) is 4.98 Å². The Hall–Kier alpha value is -1.41. The van der Waals surface area contributed by atoms with Gasteiger partial charge in [-0.05, 0) is 19.2 Å². The van der Waals surface area contributed by atoms with Gasteiger partial charge in [0, 0.05) is 11.9 Å². The minimum absolute atomic E-state index is 0.824. The van der Waals surface area contributed by atoms with E-state index in [-0.39, 0.29) is 0 Å². The van der Waals surface area contributed by atoms with E-state index < -0.39 is 0 Å². The third-order valence-electron chi connectivity index (χ3n) is 2.01.